The molecule has 2 aromatic carbocycles. The number of hydrogen-bond acceptors (Lipinski definition) is 5. The summed E-state index contributed by atoms with van der Waals surface area (Å²) in [5, 5.41) is 11.3. The van der Waals surface area contributed by atoms with Crippen molar-refractivity contribution >= 4 is 17.0 Å². The molecule has 0 saturated carbocycles. The summed E-state index contributed by atoms with van der Waals surface area (Å²) in [5.74, 6) is 1.81. The molecular weight excluding hydrogens is 344 g/mol. The van der Waals surface area contributed by atoms with Crippen molar-refractivity contribution in [3.63, 3.8) is 0 Å². The van der Waals surface area contributed by atoms with Crippen LogP contribution in [0.3, 0.4) is 0 Å². The normalized spacial score (nSPS) is 20.8. The van der Waals surface area contributed by atoms with Crippen LogP contribution in [0.1, 0.15) is 35.4 Å². The van der Waals surface area contributed by atoms with Gasteiger partial charge in [-0.25, -0.2) is 5.01 Å². The van der Waals surface area contributed by atoms with Crippen molar-refractivity contribution in [3.8, 4) is 11.5 Å². The summed E-state index contributed by atoms with van der Waals surface area (Å²) < 4.78 is 11.6. The van der Waals surface area contributed by atoms with E-state index in [0.29, 0.717) is 0 Å². The number of hydrogen-bond donors (Lipinski definition) is 0. The lowest BCUT2D eigenvalue weighted by atomic mass is 9.96. The van der Waals surface area contributed by atoms with Crippen molar-refractivity contribution in [1.29, 1.82) is 0 Å². The Balaban J connectivity index is 1.56. The van der Waals surface area contributed by atoms with Gasteiger partial charge in [0.25, 0.3) is 0 Å². The highest BCUT2D eigenvalue weighted by atomic mass is 32.1. The summed E-state index contributed by atoms with van der Waals surface area (Å²) in [6.07, 6.45) is 0.685. The lowest BCUT2D eigenvalue weighted by Crippen LogP contribution is -2.33. The molecule has 0 unspecified atom stereocenters. The zero-order chi connectivity index (χ0) is 17.5. The first-order valence-corrected chi connectivity index (χ1v) is 9.55. The topological polar surface area (TPSA) is 34.1 Å². The maximum absolute atomic E-state index is 6.32. The Hall–Kier alpha value is -2.79. The van der Waals surface area contributed by atoms with E-state index in [4.69, 9.17) is 14.6 Å². The van der Waals surface area contributed by atoms with Gasteiger partial charge in [-0.15, -0.1) is 0 Å². The third-order valence-corrected chi connectivity index (χ3v) is 5.65. The van der Waals surface area contributed by atoms with Crippen LogP contribution in [0.5, 0.6) is 11.5 Å². The number of ether oxygens (including phenoxy) is 2. The first-order chi connectivity index (χ1) is 12.8. The third-order valence-electron chi connectivity index (χ3n) is 4.95. The maximum atomic E-state index is 6.32. The van der Waals surface area contributed by atoms with Gasteiger partial charge >= 0.3 is 0 Å². The molecule has 5 rings (SSSR count). The molecule has 3 aromatic rings. The quantitative estimate of drug-likeness (QED) is 0.658. The first-order valence-electron chi connectivity index (χ1n) is 8.61. The van der Waals surface area contributed by atoms with Crippen molar-refractivity contribution in [2.45, 2.75) is 18.7 Å². The molecule has 0 amide bonds. The fraction of sp³-hybridized carbons (Fsp3) is 0.190. The molecule has 0 spiro atoms. The predicted molar refractivity (Wildman–Crippen MR) is 103 cm³/mol. The van der Waals surface area contributed by atoms with Crippen molar-refractivity contribution in [2.75, 3.05) is 7.11 Å². The molecule has 5 heteroatoms. The van der Waals surface area contributed by atoms with Crippen LogP contribution in [0.15, 0.2) is 70.5 Å². The Morgan fingerprint density at radius 1 is 1.12 bits per heavy atom. The molecule has 3 heterocycles. The standard InChI is InChI=1S/C21H18N2O2S/c1-24-16-8-6-14(7-9-16)18-12-19-17-4-2-3-5-20(17)25-21(23(19)22-18)15-10-11-26-13-15/h2-11,13,19,21H,12H2,1H3/t19-,21+/m1/s1. The van der Waals surface area contributed by atoms with E-state index in [-0.39, 0.29) is 12.3 Å². The highest BCUT2D eigenvalue weighted by molar-refractivity contribution is 7.07. The highest BCUT2D eigenvalue weighted by Gasteiger charge is 2.40. The maximum Gasteiger partial charge on any atom is 0.214 e. The zero-order valence-electron chi connectivity index (χ0n) is 14.3. The molecule has 0 aliphatic carbocycles. The molecule has 2 aliphatic rings. The smallest absolute Gasteiger partial charge is 0.214 e. The van der Waals surface area contributed by atoms with Crippen LogP contribution in [0.4, 0.5) is 0 Å². The van der Waals surface area contributed by atoms with Gasteiger partial charge in [0, 0.05) is 17.5 Å². The van der Waals surface area contributed by atoms with Crippen LogP contribution >= 0.6 is 11.3 Å². The number of fused-ring (bicyclic) bond motifs is 3. The number of benzene rings is 2. The van der Waals surface area contributed by atoms with Crippen LogP contribution in [-0.4, -0.2) is 17.8 Å². The second-order valence-corrected chi connectivity index (χ2v) is 7.22. The summed E-state index contributed by atoms with van der Waals surface area (Å²) in [6.45, 7) is 0. The van der Waals surface area contributed by atoms with Gasteiger partial charge in [0.05, 0.1) is 18.9 Å². The van der Waals surface area contributed by atoms with Crippen molar-refractivity contribution in [2.24, 2.45) is 5.10 Å². The van der Waals surface area contributed by atoms with E-state index in [1.165, 1.54) is 5.56 Å². The van der Waals surface area contributed by atoms with Gasteiger partial charge in [-0.2, -0.15) is 16.4 Å². The molecule has 2 aliphatic heterocycles. The molecule has 0 saturated heterocycles. The van der Waals surface area contributed by atoms with Crippen LogP contribution in [-0.2, 0) is 0 Å². The van der Waals surface area contributed by atoms with E-state index in [1.54, 1.807) is 18.4 Å². The minimum Gasteiger partial charge on any atom is -0.497 e. The van der Waals surface area contributed by atoms with Crippen molar-refractivity contribution < 1.29 is 9.47 Å². The summed E-state index contributed by atoms with van der Waals surface area (Å²) in [7, 11) is 1.68. The SMILES string of the molecule is COc1ccc(C2=NN3[C@H](C2)c2ccccc2O[C@H]3c2ccsc2)cc1. The number of rotatable bonds is 3. The second kappa shape index (κ2) is 6.18. The van der Waals surface area contributed by atoms with E-state index < -0.39 is 0 Å². The van der Waals surface area contributed by atoms with E-state index in [0.717, 1.165) is 34.8 Å². The summed E-state index contributed by atoms with van der Waals surface area (Å²) in [5.41, 5.74) is 4.56. The second-order valence-electron chi connectivity index (χ2n) is 6.44. The predicted octanol–water partition coefficient (Wildman–Crippen LogP) is 5.00. The molecule has 2 atom stereocenters. The molecular formula is C21H18N2O2S. The first kappa shape index (κ1) is 15.5. The summed E-state index contributed by atoms with van der Waals surface area (Å²) >= 11 is 1.68. The fourth-order valence-electron chi connectivity index (χ4n) is 3.63. The summed E-state index contributed by atoms with van der Waals surface area (Å²) in [6, 6.07) is 18.7. The van der Waals surface area contributed by atoms with E-state index in [9.17, 15) is 0 Å². The molecule has 130 valence electrons. The van der Waals surface area contributed by atoms with Gasteiger partial charge < -0.3 is 9.47 Å². The Kier molecular flexibility index (Phi) is 3.68. The van der Waals surface area contributed by atoms with E-state index in [1.807, 2.05) is 18.2 Å². The molecule has 26 heavy (non-hydrogen) atoms. The van der Waals surface area contributed by atoms with E-state index in [2.05, 4.69) is 52.2 Å². The fourth-order valence-corrected chi connectivity index (χ4v) is 4.29. The lowest BCUT2D eigenvalue weighted by Gasteiger charge is -2.37. The Bertz CT molecular complexity index is 950. The van der Waals surface area contributed by atoms with Crippen molar-refractivity contribution in [3.05, 3.63) is 82.0 Å². The number of thiophene rings is 1. The Morgan fingerprint density at radius 2 is 1.96 bits per heavy atom. The van der Waals surface area contributed by atoms with Gasteiger partial charge in [0.2, 0.25) is 6.23 Å². The molecule has 0 radical (unpaired) electrons. The van der Waals surface area contributed by atoms with Gasteiger partial charge in [-0.3, -0.25) is 0 Å². The van der Waals surface area contributed by atoms with Gasteiger partial charge in [-0.1, -0.05) is 18.2 Å². The van der Waals surface area contributed by atoms with E-state index >= 15 is 0 Å². The van der Waals surface area contributed by atoms with Gasteiger partial charge in [0.15, 0.2) is 0 Å². The number of hydrazone groups is 1. The molecule has 0 fully saturated rings. The van der Waals surface area contributed by atoms with Gasteiger partial charge in [0.1, 0.15) is 11.5 Å². The molecule has 0 N–H and O–H groups in total. The lowest BCUT2D eigenvalue weighted by molar-refractivity contribution is -0.0187. The summed E-state index contributed by atoms with van der Waals surface area (Å²) in [4.78, 5) is 0. The number of para-hydroxylation sites is 1. The third kappa shape index (κ3) is 2.47. The minimum absolute atomic E-state index is 0.183. The highest BCUT2D eigenvalue weighted by Crippen LogP contribution is 2.47. The van der Waals surface area contributed by atoms with Crippen LogP contribution < -0.4 is 9.47 Å². The Labute approximate surface area is 156 Å². The van der Waals surface area contributed by atoms with Crippen LogP contribution in [0.2, 0.25) is 0 Å². The van der Waals surface area contributed by atoms with Crippen molar-refractivity contribution in [1.82, 2.24) is 5.01 Å². The average molecular weight is 362 g/mol. The minimum atomic E-state index is -0.183. The molecule has 0 bridgehead atoms. The zero-order valence-corrected chi connectivity index (χ0v) is 15.1. The molecule has 1 aromatic heterocycles. The van der Waals surface area contributed by atoms with Crippen LogP contribution in [0, 0.1) is 0 Å². The van der Waals surface area contributed by atoms with Crippen LogP contribution in [0.25, 0.3) is 0 Å². The number of methoxy groups -OCH3 is 1. The molecule has 4 nitrogen and oxygen atoms in total. The number of nitrogens with zero attached hydrogens (tertiary/aromatic N) is 2. The van der Waals surface area contributed by atoms with Gasteiger partial charge in [-0.05, 0) is 52.7 Å². The average Bonchev–Trinajstić information content (AvgIpc) is 3.37. The Morgan fingerprint density at radius 3 is 2.73 bits per heavy atom. The largest absolute Gasteiger partial charge is 0.497 e. The monoisotopic (exact) mass is 362 g/mol.